The minimum absolute atomic E-state index is 0. The number of primary amides is 1. The largest absolute Gasteiger partial charge is 0.484 e. The lowest BCUT2D eigenvalue weighted by Gasteiger charge is -2.11. The maximum atomic E-state index is 10.8. The molecule has 0 saturated heterocycles. The second kappa shape index (κ2) is 10.3. The highest BCUT2D eigenvalue weighted by molar-refractivity contribution is 14.0. The summed E-state index contributed by atoms with van der Waals surface area (Å²) in [6.07, 6.45) is 3.87. The van der Waals surface area contributed by atoms with Gasteiger partial charge in [-0.05, 0) is 28.8 Å². The molecule has 0 radical (unpaired) electrons. The molecule has 8 nitrogen and oxygen atoms in total. The van der Waals surface area contributed by atoms with E-state index in [0.717, 1.165) is 28.2 Å². The van der Waals surface area contributed by atoms with Gasteiger partial charge in [-0.3, -0.25) is 14.5 Å². The van der Waals surface area contributed by atoms with E-state index >= 15 is 0 Å². The van der Waals surface area contributed by atoms with Crippen molar-refractivity contribution in [3.8, 4) is 16.9 Å². The highest BCUT2D eigenvalue weighted by atomic mass is 127. The Labute approximate surface area is 197 Å². The number of aliphatic imine (C=N–C) groups is 1. The number of halogens is 1. The van der Waals surface area contributed by atoms with Crippen LogP contribution in [0.3, 0.4) is 0 Å². The Morgan fingerprint density at radius 2 is 1.87 bits per heavy atom. The quantitative estimate of drug-likeness (QED) is 0.406. The Kier molecular flexibility index (Phi) is 7.50. The zero-order valence-electron chi connectivity index (χ0n) is 17.1. The SMILES string of the molecule is Cn1cc(C2CN=C(NCc3ccc(-c4ccc(OCC(N)=O)cc4)cc3)N2)cn1.I. The van der Waals surface area contributed by atoms with Crippen molar-refractivity contribution in [1.29, 1.82) is 0 Å². The van der Waals surface area contributed by atoms with Crippen LogP contribution in [0.5, 0.6) is 5.75 Å². The van der Waals surface area contributed by atoms with Gasteiger partial charge in [-0.1, -0.05) is 36.4 Å². The topological polar surface area (TPSA) is 107 Å². The first-order valence-corrected chi connectivity index (χ1v) is 9.71. The summed E-state index contributed by atoms with van der Waals surface area (Å²) >= 11 is 0. The highest BCUT2D eigenvalue weighted by Crippen LogP contribution is 2.23. The van der Waals surface area contributed by atoms with Gasteiger partial charge < -0.3 is 21.1 Å². The molecular weight excluding hydrogens is 507 g/mol. The van der Waals surface area contributed by atoms with Crippen molar-refractivity contribution in [2.45, 2.75) is 12.6 Å². The fourth-order valence-corrected chi connectivity index (χ4v) is 3.25. The van der Waals surface area contributed by atoms with E-state index < -0.39 is 5.91 Å². The zero-order chi connectivity index (χ0) is 20.9. The average Bonchev–Trinajstić information content (AvgIpc) is 3.40. The van der Waals surface area contributed by atoms with Crippen LogP contribution in [0.25, 0.3) is 11.1 Å². The number of ether oxygens (including phenoxy) is 1. The van der Waals surface area contributed by atoms with Gasteiger partial charge in [-0.25, -0.2) is 0 Å². The van der Waals surface area contributed by atoms with E-state index in [1.807, 2.05) is 43.7 Å². The number of nitrogens with zero attached hydrogens (tertiary/aromatic N) is 3. The van der Waals surface area contributed by atoms with Crippen LogP contribution in [-0.2, 0) is 18.4 Å². The number of hydrogen-bond donors (Lipinski definition) is 3. The summed E-state index contributed by atoms with van der Waals surface area (Å²) in [5.74, 6) is 0.932. The molecule has 1 unspecified atom stereocenters. The van der Waals surface area contributed by atoms with E-state index in [4.69, 9.17) is 10.5 Å². The molecule has 1 atom stereocenters. The lowest BCUT2D eigenvalue weighted by Crippen LogP contribution is -2.34. The minimum atomic E-state index is -0.491. The van der Waals surface area contributed by atoms with Gasteiger partial charge in [-0.15, -0.1) is 24.0 Å². The normalized spacial score (nSPS) is 14.9. The van der Waals surface area contributed by atoms with Crippen LogP contribution >= 0.6 is 24.0 Å². The zero-order valence-corrected chi connectivity index (χ0v) is 19.4. The Morgan fingerprint density at radius 1 is 1.19 bits per heavy atom. The number of amides is 1. The third-order valence-corrected chi connectivity index (χ3v) is 4.85. The molecule has 1 aliphatic heterocycles. The molecule has 9 heteroatoms. The van der Waals surface area contributed by atoms with E-state index in [0.29, 0.717) is 18.8 Å². The number of nitrogens with one attached hydrogen (secondary N) is 2. The number of aryl methyl sites for hydroxylation is 1. The predicted octanol–water partition coefficient (Wildman–Crippen LogP) is 2.36. The molecule has 1 aliphatic rings. The number of guanidine groups is 1. The minimum Gasteiger partial charge on any atom is -0.484 e. The predicted molar refractivity (Wildman–Crippen MR) is 130 cm³/mol. The van der Waals surface area contributed by atoms with Gasteiger partial charge in [-0.2, -0.15) is 5.10 Å². The first-order chi connectivity index (χ1) is 14.6. The standard InChI is InChI=1S/C22H24N6O2.HI/c1-28-13-18(11-26-28)20-12-25-22(27-20)24-10-15-2-4-16(5-3-15)17-6-8-19(9-7-17)30-14-21(23)29;/h2-9,11,13,20H,10,12,14H2,1H3,(H2,23,29)(H2,24,25,27);1H. The van der Waals surface area contributed by atoms with Crippen LogP contribution in [0, 0.1) is 0 Å². The van der Waals surface area contributed by atoms with Crippen LogP contribution in [-0.4, -0.2) is 34.8 Å². The van der Waals surface area contributed by atoms with E-state index in [-0.39, 0.29) is 36.6 Å². The van der Waals surface area contributed by atoms with Crippen LogP contribution in [0.2, 0.25) is 0 Å². The van der Waals surface area contributed by atoms with Crippen LogP contribution in [0.1, 0.15) is 17.2 Å². The van der Waals surface area contributed by atoms with Gasteiger partial charge in [0.2, 0.25) is 0 Å². The van der Waals surface area contributed by atoms with Crippen molar-refractivity contribution < 1.29 is 9.53 Å². The van der Waals surface area contributed by atoms with Crippen molar-refractivity contribution in [2.75, 3.05) is 13.2 Å². The van der Waals surface area contributed by atoms with Gasteiger partial charge in [0.05, 0.1) is 18.8 Å². The fraction of sp³-hybridized carbons (Fsp3) is 0.227. The number of carbonyl (C=O) groups is 1. The first kappa shape index (κ1) is 22.6. The summed E-state index contributed by atoms with van der Waals surface area (Å²) < 4.78 is 7.09. The molecule has 0 spiro atoms. The number of rotatable bonds is 7. The Hall–Kier alpha value is -3.08. The van der Waals surface area contributed by atoms with Crippen LogP contribution in [0.4, 0.5) is 0 Å². The third kappa shape index (κ3) is 5.97. The molecule has 4 rings (SSSR count). The van der Waals surface area contributed by atoms with Gasteiger partial charge >= 0.3 is 0 Å². The molecule has 4 N–H and O–H groups in total. The summed E-state index contributed by atoms with van der Waals surface area (Å²) in [6, 6.07) is 16.1. The monoisotopic (exact) mass is 532 g/mol. The lowest BCUT2D eigenvalue weighted by molar-refractivity contribution is -0.119. The molecule has 2 aromatic carbocycles. The fourth-order valence-electron chi connectivity index (χ4n) is 3.25. The molecule has 3 aromatic rings. The smallest absolute Gasteiger partial charge is 0.255 e. The maximum Gasteiger partial charge on any atom is 0.255 e. The second-order valence-corrected chi connectivity index (χ2v) is 7.16. The van der Waals surface area contributed by atoms with E-state index in [1.54, 1.807) is 4.68 Å². The molecule has 0 bridgehead atoms. The van der Waals surface area contributed by atoms with Crippen LogP contribution < -0.4 is 21.1 Å². The summed E-state index contributed by atoms with van der Waals surface area (Å²) in [5, 5.41) is 11.0. The summed E-state index contributed by atoms with van der Waals surface area (Å²) in [4.78, 5) is 15.3. The molecule has 2 heterocycles. The van der Waals surface area contributed by atoms with Gasteiger partial charge in [0.1, 0.15) is 5.75 Å². The highest BCUT2D eigenvalue weighted by Gasteiger charge is 2.20. The number of benzene rings is 2. The average molecular weight is 532 g/mol. The van der Waals surface area contributed by atoms with Gasteiger partial charge in [0, 0.05) is 25.4 Å². The Balaban J connectivity index is 0.00000272. The Morgan fingerprint density at radius 3 is 2.48 bits per heavy atom. The molecule has 0 saturated carbocycles. The van der Waals surface area contributed by atoms with E-state index in [1.165, 1.54) is 0 Å². The number of nitrogens with two attached hydrogens (primary N) is 1. The molecule has 1 aromatic heterocycles. The molecule has 162 valence electrons. The molecule has 0 fully saturated rings. The van der Waals surface area contributed by atoms with E-state index in [2.05, 4.69) is 45.0 Å². The van der Waals surface area contributed by atoms with Gasteiger partial charge in [0.15, 0.2) is 12.6 Å². The molecule has 31 heavy (non-hydrogen) atoms. The molecule has 0 aliphatic carbocycles. The number of aromatic nitrogens is 2. The van der Waals surface area contributed by atoms with Crippen LogP contribution in [0.15, 0.2) is 65.9 Å². The van der Waals surface area contributed by atoms with Crippen molar-refractivity contribution >= 4 is 35.8 Å². The second-order valence-electron chi connectivity index (χ2n) is 7.16. The van der Waals surface area contributed by atoms with E-state index in [9.17, 15) is 4.79 Å². The molecular formula is C22H25IN6O2. The maximum absolute atomic E-state index is 10.8. The van der Waals surface area contributed by atoms with Crippen molar-refractivity contribution in [1.82, 2.24) is 20.4 Å². The summed E-state index contributed by atoms with van der Waals surface area (Å²) in [6.45, 7) is 1.27. The van der Waals surface area contributed by atoms with Crippen molar-refractivity contribution in [2.24, 2.45) is 17.8 Å². The number of carbonyl (C=O) groups excluding carboxylic acids is 1. The summed E-state index contributed by atoms with van der Waals surface area (Å²) in [7, 11) is 1.91. The van der Waals surface area contributed by atoms with Crippen molar-refractivity contribution in [3.05, 3.63) is 72.1 Å². The van der Waals surface area contributed by atoms with Gasteiger partial charge in [0.25, 0.3) is 5.91 Å². The first-order valence-electron chi connectivity index (χ1n) is 9.71. The third-order valence-electron chi connectivity index (χ3n) is 4.85. The summed E-state index contributed by atoms with van der Waals surface area (Å²) in [5.41, 5.74) is 9.56. The molecule has 1 amide bonds. The van der Waals surface area contributed by atoms with Crippen molar-refractivity contribution in [3.63, 3.8) is 0 Å². The Bertz CT molecular complexity index is 1050. The number of hydrogen-bond acceptors (Lipinski definition) is 6. The lowest BCUT2D eigenvalue weighted by atomic mass is 10.0.